The Bertz CT molecular complexity index is 539. The van der Waals surface area contributed by atoms with Gasteiger partial charge in [-0.05, 0) is 15.9 Å². The number of halogens is 2. The van der Waals surface area contributed by atoms with Gasteiger partial charge in [0.05, 0.1) is 29.0 Å². The number of pyridine rings is 1. The molecule has 0 unspecified atom stereocenters. The van der Waals surface area contributed by atoms with Gasteiger partial charge in [0, 0.05) is 12.3 Å². The molecule has 0 saturated heterocycles. The molecule has 0 aromatic carbocycles. The third-order valence-corrected chi connectivity index (χ3v) is 2.52. The van der Waals surface area contributed by atoms with Crippen LogP contribution in [0.15, 0.2) is 29.1 Å². The maximum atomic E-state index is 5.78. The largest absolute Gasteiger partial charge is 0.480 e. The summed E-state index contributed by atoms with van der Waals surface area (Å²) in [4.78, 5) is 11.9. The van der Waals surface area contributed by atoms with Gasteiger partial charge in [0.1, 0.15) is 0 Å². The van der Waals surface area contributed by atoms with E-state index in [0.717, 1.165) is 0 Å². The van der Waals surface area contributed by atoms with Crippen molar-refractivity contribution >= 4 is 27.5 Å². The summed E-state index contributed by atoms with van der Waals surface area (Å²) in [7, 11) is 1.51. The second kappa shape index (κ2) is 5.29. The smallest absolute Gasteiger partial charge is 0.325 e. The molecule has 0 amide bonds. The molecule has 88 valence electrons. The van der Waals surface area contributed by atoms with Crippen molar-refractivity contribution in [2.24, 2.45) is 0 Å². The van der Waals surface area contributed by atoms with E-state index in [-0.39, 0.29) is 6.01 Å². The van der Waals surface area contributed by atoms with Crippen LogP contribution >= 0.6 is 27.5 Å². The molecular formula is C10H7BrClN3O2. The number of nitrogens with zero attached hydrogens (tertiary/aromatic N) is 3. The molecule has 0 bridgehead atoms. The molecule has 5 nitrogen and oxygen atoms in total. The highest BCUT2D eigenvalue weighted by Gasteiger charge is 2.07. The molecule has 2 aromatic heterocycles. The molecule has 0 radical (unpaired) electrons. The summed E-state index contributed by atoms with van der Waals surface area (Å²) in [6, 6.07) is 1.78. The van der Waals surface area contributed by atoms with Crippen molar-refractivity contribution in [2.45, 2.75) is 0 Å². The lowest BCUT2D eigenvalue weighted by molar-refractivity contribution is 0.373. The monoisotopic (exact) mass is 315 g/mol. The zero-order chi connectivity index (χ0) is 12.3. The van der Waals surface area contributed by atoms with Crippen LogP contribution in [-0.4, -0.2) is 22.1 Å². The molecule has 2 rings (SSSR count). The fourth-order valence-corrected chi connectivity index (χ4v) is 1.60. The number of ether oxygens (including phenoxy) is 2. The van der Waals surface area contributed by atoms with E-state index in [4.69, 9.17) is 21.1 Å². The molecule has 0 N–H and O–H groups in total. The minimum atomic E-state index is 0.161. The fourth-order valence-electron chi connectivity index (χ4n) is 1.08. The highest BCUT2D eigenvalue weighted by molar-refractivity contribution is 9.10. The van der Waals surface area contributed by atoms with Gasteiger partial charge >= 0.3 is 6.01 Å². The lowest BCUT2D eigenvalue weighted by atomic mass is 10.5. The van der Waals surface area contributed by atoms with Crippen LogP contribution in [0.25, 0.3) is 0 Å². The minimum Gasteiger partial charge on any atom is -0.480 e. The molecule has 0 spiro atoms. The average Bonchev–Trinajstić information content (AvgIpc) is 2.32. The summed E-state index contributed by atoms with van der Waals surface area (Å²) in [5.74, 6) is 0.854. The van der Waals surface area contributed by atoms with Crippen LogP contribution in [0, 0.1) is 0 Å². The third kappa shape index (κ3) is 3.04. The van der Waals surface area contributed by atoms with Crippen molar-refractivity contribution in [1.82, 2.24) is 15.0 Å². The van der Waals surface area contributed by atoms with Crippen molar-refractivity contribution in [1.29, 1.82) is 0 Å². The Morgan fingerprint density at radius 2 is 2.12 bits per heavy atom. The Morgan fingerprint density at radius 1 is 1.29 bits per heavy atom. The van der Waals surface area contributed by atoms with Crippen LogP contribution in [-0.2, 0) is 0 Å². The van der Waals surface area contributed by atoms with E-state index in [0.29, 0.717) is 21.1 Å². The van der Waals surface area contributed by atoms with Crippen LogP contribution in [0.1, 0.15) is 0 Å². The van der Waals surface area contributed by atoms with Crippen LogP contribution < -0.4 is 9.47 Å². The summed E-state index contributed by atoms with van der Waals surface area (Å²) in [5, 5.41) is 0.478. The number of hydrogen-bond donors (Lipinski definition) is 0. The van der Waals surface area contributed by atoms with Gasteiger partial charge in [-0.1, -0.05) is 11.6 Å². The van der Waals surface area contributed by atoms with Crippen molar-refractivity contribution < 1.29 is 9.47 Å². The number of hydrogen-bond acceptors (Lipinski definition) is 5. The van der Waals surface area contributed by atoms with Gasteiger partial charge in [-0.3, -0.25) is 4.98 Å². The van der Waals surface area contributed by atoms with Crippen LogP contribution in [0.2, 0.25) is 5.02 Å². The molecule has 0 aliphatic carbocycles. The highest BCUT2D eigenvalue weighted by atomic mass is 79.9. The van der Waals surface area contributed by atoms with Gasteiger partial charge in [-0.15, -0.1) is 0 Å². The van der Waals surface area contributed by atoms with Crippen molar-refractivity contribution in [3.63, 3.8) is 0 Å². The third-order valence-electron chi connectivity index (χ3n) is 1.77. The SMILES string of the molecule is COc1nc(Oc2cncc(Cl)c2)ncc1Br. The van der Waals surface area contributed by atoms with E-state index in [1.54, 1.807) is 12.3 Å². The quantitative estimate of drug-likeness (QED) is 0.871. The van der Waals surface area contributed by atoms with E-state index in [9.17, 15) is 0 Å². The lowest BCUT2D eigenvalue weighted by Gasteiger charge is -2.05. The normalized spacial score (nSPS) is 10.1. The van der Waals surface area contributed by atoms with E-state index >= 15 is 0 Å². The maximum Gasteiger partial charge on any atom is 0.325 e. The second-order valence-corrected chi connectivity index (χ2v) is 4.24. The van der Waals surface area contributed by atoms with Crippen molar-refractivity contribution in [2.75, 3.05) is 7.11 Å². The second-order valence-electron chi connectivity index (χ2n) is 2.95. The molecule has 0 atom stereocenters. The molecule has 2 heterocycles. The lowest BCUT2D eigenvalue weighted by Crippen LogP contribution is -1.95. The maximum absolute atomic E-state index is 5.78. The fraction of sp³-hybridized carbons (Fsp3) is 0.100. The van der Waals surface area contributed by atoms with Crippen LogP contribution in [0.3, 0.4) is 0 Å². The van der Waals surface area contributed by atoms with E-state index in [1.807, 2.05) is 0 Å². The topological polar surface area (TPSA) is 57.1 Å². The number of methoxy groups -OCH3 is 1. The van der Waals surface area contributed by atoms with Crippen LogP contribution in [0.4, 0.5) is 0 Å². The molecular weight excluding hydrogens is 309 g/mol. The number of aromatic nitrogens is 3. The summed E-state index contributed by atoms with van der Waals surface area (Å²) < 4.78 is 11.1. The first-order valence-electron chi connectivity index (χ1n) is 4.54. The van der Waals surface area contributed by atoms with Gasteiger partial charge in [0.15, 0.2) is 5.75 Å². The zero-order valence-corrected chi connectivity index (χ0v) is 11.1. The predicted molar refractivity (Wildman–Crippen MR) is 65.6 cm³/mol. The summed E-state index contributed by atoms with van der Waals surface area (Å²) in [5.41, 5.74) is 0. The van der Waals surface area contributed by atoms with E-state index in [1.165, 1.54) is 19.5 Å². The molecule has 7 heteroatoms. The summed E-state index contributed by atoms with van der Waals surface area (Å²) in [6.07, 6.45) is 4.57. The van der Waals surface area contributed by atoms with Gasteiger partial charge in [-0.2, -0.15) is 4.98 Å². The standard InChI is InChI=1S/C10H7BrClN3O2/c1-16-9-8(11)5-14-10(15-9)17-7-2-6(12)3-13-4-7/h2-5H,1H3. The van der Waals surface area contributed by atoms with Gasteiger partial charge < -0.3 is 9.47 Å². The Hall–Kier alpha value is -1.40. The summed E-state index contributed by atoms with van der Waals surface area (Å²) in [6.45, 7) is 0. The van der Waals surface area contributed by atoms with Gasteiger partial charge in [0.25, 0.3) is 0 Å². The van der Waals surface area contributed by atoms with Gasteiger partial charge in [-0.25, -0.2) is 4.98 Å². The first kappa shape index (κ1) is 12.1. The molecule has 0 aliphatic heterocycles. The van der Waals surface area contributed by atoms with Gasteiger partial charge in [0.2, 0.25) is 5.88 Å². The molecule has 0 aliphatic rings. The molecule has 0 fully saturated rings. The molecule has 17 heavy (non-hydrogen) atoms. The minimum absolute atomic E-state index is 0.161. The Labute approximate surface area is 111 Å². The van der Waals surface area contributed by atoms with Crippen LogP contribution in [0.5, 0.6) is 17.6 Å². The Kier molecular flexibility index (Phi) is 3.75. The predicted octanol–water partition coefficient (Wildman–Crippen LogP) is 3.09. The number of rotatable bonds is 3. The molecule has 2 aromatic rings. The van der Waals surface area contributed by atoms with Crippen molar-refractivity contribution in [3.05, 3.63) is 34.2 Å². The average molecular weight is 317 g/mol. The first-order chi connectivity index (χ1) is 8.19. The Balaban J connectivity index is 2.24. The van der Waals surface area contributed by atoms with E-state index < -0.39 is 0 Å². The zero-order valence-electron chi connectivity index (χ0n) is 8.72. The molecule has 0 saturated carbocycles. The van der Waals surface area contributed by atoms with E-state index in [2.05, 4.69) is 30.9 Å². The summed E-state index contributed by atoms with van der Waals surface area (Å²) >= 11 is 9.03. The van der Waals surface area contributed by atoms with Crippen molar-refractivity contribution in [3.8, 4) is 17.6 Å². The Morgan fingerprint density at radius 3 is 2.82 bits per heavy atom. The first-order valence-corrected chi connectivity index (χ1v) is 5.71. The highest BCUT2D eigenvalue weighted by Crippen LogP contribution is 2.25.